The topological polar surface area (TPSA) is 78.9 Å². The summed E-state index contributed by atoms with van der Waals surface area (Å²) < 4.78 is 31.2. The second kappa shape index (κ2) is 7.94. The van der Waals surface area contributed by atoms with Crippen molar-refractivity contribution in [2.24, 2.45) is 0 Å². The summed E-state index contributed by atoms with van der Waals surface area (Å²) in [5.41, 5.74) is 1.10. The van der Waals surface area contributed by atoms with Crippen molar-refractivity contribution in [3.8, 4) is 0 Å². The van der Waals surface area contributed by atoms with E-state index in [0.717, 1.165) is 18.2 Å². The molecule has 0 amide bonds. The van der Waals surface area contributed by atoms with Crippen molar-refractivity contribution in [3.63, 3.8) is 0 Å². The Kier molecular flexibility index (Phi) is 6.17. The van der Waals surface area contributed by atoms with Crippen molar-refractivity contribution in [1.82, 2.24) is 4.90 Å². The fraction of sp³-hybridized carbons (Fsp3) is 0.412. The van der Waals surface area contributed by atoms with Crippen molar-refractivity contribution in [2.75, 3.05) is 44.8 Å². The van der Waals surface area contributed by atoms with E-state index in [4.69, 9.17) is 4.74 Å². The molecule has 0 aliphatic carbocycles. The number of likely N-dealkylation sites (N-methyl/N-ethyl adjacent to an activating group) is 1. The van der Waals surface area contributed by atoms with Crippen LogP contribution in [0.15, 0.2) is 36.4 Å². The first-order valence-electron chi connectivity index (χ1n) is 7.68. The lowest BCUT2D eigenvalue weighted by atomic mass is 9.99. The van der Waals surface area contributed by atoms with E-state index in [0.29, 0.717) is 23.2 Å². The summed E-state index contributed by atoms with van der Waals surface area (Å²) in [5.74, 6) is 0. The first-order chi connectivity index (χ1) is 11.3. The molecule has 132 valence electrons. The minimum Gasteiger partial charge on any atom is -0.386 e. The predicted octanol–water partition coefficient (Wildman–Crippen LogP) is 1.82. The number of ether oxygens (including phenoxy) is 1. The van der Waals surface area contributed by atoms with E-state index < -0.39 is 16.1 Å². The minimum absolute atomic E-state index is 0.153. The zero-order valence-corrected chi connectivity index (χ0v) is 15.0. The maximum atomic E-state index is 11.6. The molecule has 2 N–H and O–H groups in total. The molecular weight excluding hydrogens is 328 g/mol. The van der Waals surface area contributed by atoms with Gasteiger partial charge in [-0.3, -0.25) is 4.72 Å². The second-order valence-corrected chi connectivity index (χ2v) is 7.77. The van der Waals surface area contributed by atoms with Gasteiger partial charge in [-0.2, -0.15) is 0 Å². The molecule has 0 bridgehead atoms. The highest BCUT2D eigenvalue weighted by atomic mass is 32.2. The summed E-state index contributed by atoms with van der Waals surface area (Å²) in [6.45, 7) is 1.44. The Labute approximate surface area is 143 Å². The average molecular weight is 352 g/mol. The minimum atomic E-state index is -3.41. The van der Waals surface area contributed by atoms with Crippen LogP contribution in [0.1, 0.15) is 11.7 Å². The Morgan fingerprint density at radius 3 is 2.50 bits per heavy atom. The maximum Gasteiger partial charge on any atom is 0.229 e. The number of rotatable bonds is 8. The number of nitrogens with one attached hydrogen (secondary N) is 1. The van der Waals surface area contributed by atoms with E-state index in [1.54, 1.807) is 18.2 Å². The van der Waals surface area contributed by atoms with Crippen LogP contribution in [0.2, 0.25) is 0 Å². The molecule has 0 saturated heterocycles. The number of sulfonamides is 1. The first-order valence-corrected chi connectivity index (χ1v) is 9.57. The molecule has 0 saturated carbocycles. The van der Waals surface area contributed by atoms with Gasteiger partial charge in [0.05, 0.1) is 25.2 Å². The molecule has 7 heteroatoms. The molecule has 2 rings (SSSR count). The Morgan fingerprint density at radius 2 is 1.88 bits per heavy atom. The van der Waals surface area contributed by atoms with E-state index in [2.05, 4.69) is 4.72 Å². The largest absolute Gasteiger partial charge is 0.386 e. The molecule has 0 heterocycles. The standard InChI is InChI=1S/C17H24N2O4S/c1-19(2)10-11-23-12-16(20)14-8-4-6-13-7-5-9-15(17(13)14)18-24(3,21)22/h4-9,16,18,20H,10-12H2,1-3H3. The van der Waals surface area contributed by atoms with Crippen LogP contribution in [0.3, 0.4) is 0 Å². The van der Waals surface area contributed by atoms with Crippen LogP contribution in [-0.4, -0.2) is 58.5 Å². The van der Waals surface area contributed by atoms with Gasteiger partial charge < -0.3 is 14.7 Å². The summed E-state index contributed by atoms with van der Waals surface area (Å²) >= 11 is 0. The summed E-state index contributed by atoms with van der Waals surface area (Å²) in [6, 6.07) is 10.9. The van der Waals surface area contributed by atoms with Gasteiger partial charge in [-0.15, -0.1) is 0 Å². The van der Waals surface area contributed by atoms with Crippen LogP contribution in [0.4, 0.5) is 5.69 Å². The van der Waals surface area contributed by atoms with Gasteiger partial charge in [-0.05, 0) is 31.1 Å². The second-order valence-electron chi connectivity index (χ2n) is 6.02. The van der Waals surface area contributed by atoms with Crippen molar-refractivity contribution in [1.29, 1.82) is 0 Å². The molecule has 6 nitrogen and oxygen atoms in total. The summed E-state index contributed by atoms with van der Waals surface area (Å²) in [4.78, 5) is 2.00. The number of benzene rings is 2. The number of hydrogen-bond donors (Lipinski definition) is 2. The van der Waals surface area contributed by atoms with E-state index in [1.807, 2.05) is 37.2 Å². The molecule has 0 aliphatic heterocycles. The zero-order chi connectivity index (χ0) is 17.7. The summed E-state index contributed by atoms with van der Waals surface area (Å²) in [6.07, 6.45) is 0.272. The van der Waals surface area contributed by atoms with Crippen LogP contribution in [0.25, 0.3) is 10.8 Å². The third-order valence-corrected chi connectivity index (χ3v) is 4.14. The number of hydrogen-bond acceptors (Lipinski definition) is 5. The molecule has 1 unspecified atom stereocenters. The van der Waals surface area contributed by atoms with Gasteiger partial charge in [0.25, 0.3) is 0 Å². The lowest BCUT2D eigenvalue weighted by Crippen LogP contribution is -2.19. The van der Waals surface area contributed by atoms with Crippen LogP contribution in [0, 0.1) is 0 Å². The lowest BCUT2D eigenvalue weighted by molar-refractivity contribution is 0.0313. The van der Waals surface area contributed by atoms with Gasteiger partial charge >= 0.3 is 0 Å². The number of fused-ring (bicyclic) bond motifs is 1. The first kappa shape index (κ1) is 18.7. The van der Waals surface area contributed by atoms with Gasteiger partial charge in [0.1, 0.15) is 6.10 Å². The molecule has 2 aromatic rings. The molecule has 2 aromatic carbocycles. The molecule has 0 fully saturated rings. The maximum absolute atomic E-state index is 11.6. The molecule has 0 spiro atoms. The molecule has 1 atom stereocenters. The fourth-order valence-electron chi connectivity index (χ4n) is 2.46. The van der Waals surface area contributed by atoms with Gasteiger partial charge in [0.2, 0.25) is 10.0 Å². The van der Waals surface area contributed by atoms with E-state index >= 15 is 0 Å². The van der Waals surface area contributed by atoms with Gasteiger partial charge in [0, 0.05) is 11.9 Å². The highest BCUT2D eigenvalue weighted by Crippen LogP contribution is 2.31. The van der Waals surface area contributed by atoms with E-state index in [1.165, 1.54) is 0 Å². The quantitative estimate of drug-likeness (QED) is 0.709. The van der Waals surface area contributed by atoms with Crippen molar-refractivity contribution in [3.05, 3.63) is 42.0 Å². The SMILES string of the molecule is CN(C)CCOCC(O)c1cccc2cccc(NS(C)(=O)=O)c12. The molecule has 0 aliphatic rings. The van der Waals surface area contributed by atoms with Crippen LogP contribution < -0.4 is 4.72 Å². The Bertz CT molecular complexity index is 785. The molecular formula is C17H24N2O4S. The van der Waals surface area contributed by atoms with E-state index in [-0.39, 0.29) is 6.61 Å². The highest BCUT2D eigenvalue weighted by Gasteiger charge is 2.15. The number of aliphatic hydroxyl groups excluding tert-OH is 1. The Hall–Kier alpha value is -1.67. The van der Waals surface area contributed by atoms with Gasteiger partial charge in [-0.1, -0.05) is 30.3 Å². The predicted molar refractivity (Wildman–Crippen MR) is 96.7 cm³/mol. The van der Waals surface area contributed by atoms with E-state index in [9.17, 15) is 13.5 Å². The Balaban J connectivity index is 2.29. The van der Waals surface area contributed by atoms with Crippen LogP contribution >= 0.6 is 0 Å². The number of anilines is 1. The van der Waals surface area contributed by atoms with Crippen molar-refractivity contribution < 1.29 is 18.3 Å². The summed E-state index contributed by atoms with van der Waals surface area (Å²) in [5, 5.41) is 12.0. The smallest absolute Gasteiger partial charge is 0.229 e. The fourth-order valence-corrected chi connectivity index (χ4v) is 3.03. The average Bonchev–Trinajstić information content (AvgIpc) is 2.49. The zero-order valence-electron chi connectivity index (χ0n) is 14.2. The normalized spacial score (nSPS) is 13.4. The monoisotopic (exact) mass is 352 g/mol. The lowest BCUT2D eigenvalue weighted by Gasteiger charge is -2.17. The molecule has 24 heavy (non-hydrogen) atoms. The Morgan fingerprint density at radius 1 is 1.21 bits per heavy atom. The number of aliphatic hydroxyl groups is 1. The highest BCUT2D eigenvalue weighted by molar-refractivity contribution is 7.92. The van der Waals surface area contributed by atoms with Crippen LogP contribution in [0.5, 0.6) is 0 Å². The molecule has 0 radical (unpaired) electrons. The van der Waals surface area contributed by atoms with Gasteiger partial charge in [0.15, 0.2) is 0 Å². The van der Waals surface area contributed by atoms with Crippen LogP contribution in [-0.2, 0) is 14.8 Å². The molecule has 0 aromatic heterocycles. The number of nitrogens with zero attached hydrogens (tertiary/aromatic N) is 1. The van der Waals surface area contributed by atoms with Gasteiger partial charge in [-0.25, -0.2) is 8.42 Å². The van der Waals surface area contributed by atoms with Crippen molar-refractivity contribution >= 4 is 26.5 Å². The summed E-state index contributed by atoms with van der Waals surface area (Å²) in [7, 11) is 0.494. The third kappa shape index (κ3) is 5.17. The third-order valence-electron chi connectivity index (χ3n) is 3.55. The van der Waals surface area contributed by atoms with Crippen molar-refractivity contribution in [2.45, 2.75) is 6.10 Å².